The van der Waals surface area contributed by atoms with Gasteiger partial charge >= 0.3 is 0 Å². The molecule has 1 unspecified atom stereocenters. The highest BCUT2D eigenvalue weighted by molar-refractivity contribution is 5.95. The Hall–Kier alpha value is -2.89. The van der Waals surface area contributed by atoms with E-state index in [1.807, 2.05) is 0 Å². The lowest BCUT2D eigenvalue weighted by molar-refractivity contribution is -0.122. The van der Waals surface area contributed by atoms with Gasteiger partial charge in [-0.3, -0.25) is 9.59 Å². The van der Waals surface area contributed by atoms with Gasteiger partial charge in [0.25, 0.3) is 5.91 Å². The van der Waals surface area contributed by atoms with Gasteiger partial charge in [-0.15, -0.1) is 0 Å². The van der Waals surface area contributed by atoms with Gasteiger partial charge in [0.15, 0.2) is 6.10 Å². The number of anilines is 2. The molecule has 0 aliphatic carbocycles. The van der Waals surface area contributed by atoms with Gasteiger partial charge in [-0.25, -0.2) is 4.39 Å². The van der Waals surface area contributed by atoms with Gasteiger partial charge < -0.3 is 15.0 Å². The molecule has 0 spiro atoms. The minimum Gasteiger partial charge on any atom is -0.481 e. The topological polar surface area (TPSA) is 58.6 Å². The number of hydrogen-bond acceptors (Lipinski definition) is 3. The van der Waals surface area contributed by atoms with E-state index in [1.165, 1.54) is 30.0 Å². The van der Waals surface area contributed by atoms with Crippen LogP contribution in [-0.4, -0.2) is 25.0 Å². The first-order valence-corrected chi connectivity index (χ1v) is 7.44. The molecule has 0 heterocycles. The zero-order valence-corrected chi connectivity index (χ0v) is 13.7. The van der Waals surface area contributed by atoms with Crippen LogP contribution >= 0.6 is 0 Å². The third kappa shape index (κ3) is 4.55. The average Bonchev–Trinajstić information content (AvgIpc) is 2.54. The summed E-state index contributed by atoms with van der Waals surface area (Å²) in [5.41, 5.74) is 1.31. The van der Waals surface area contributed by atoms with E-state index in [9.17, 15) is 14.0 Å². The standard InChI is InChI=1S/C18H19FN2O3/c1-12(24-17-6-4-5-14(19)11-17)18(23)20-15-7-9-16(10-8-15)21(3)13(2)22/h4-12H,1-3H3,(H,20,23). The molecule has 1 N–H and O–H groups in total. The number of nitrogens with zero attached hydrogens (tertiary/aromatic N) is 1. The Morgan fingerprint density at radius 1 is 1.17 bits per heavy atom. The fourth-order valence-corrected chi connectivity index (χ4v) is 1.99. The quantitative estimate of drug-likeness (QED) is 0.916. The predicted octanol–water partition coefficient (Wildman–Crippen LogP) is 3.21. The Bertz CT molecular complexity index is 731. The largest absolute Gasteiger partial charge is 0.481 e. The first-order chi connectivity index (χ1) is 11.4. The Labute approximate surface area is 140 Å². The number of amides is 2. The molecule has 0 aliphatic heterocycles. The van der Waals surface area contributed by atoms with E-state index in [4.69, 9.17) is 4.74 Å². The van der Waals surface area contributed by atoms with Crippen LogP contribution in [0.3, 0.4) is 0 Å². The number of benzene rings is 2. The third-order valence-corrected chi connectivity index (χ3v) is 3.47. The van der Waals surface area contributed by atoms with Crippen LogP contribution in [0, 0.1) is 5.82 Å². The Balaban J connectivity index is 1.97. The van der Waals surface area contributed by atoms with Crippen LogP contribution in [0.4, 0.5) is 15.8 Å². The van der Waals surface area contributed by atoms with Gasteiger partial charge in [0.05, 0.1) is 0 Å². The lowest BCUT2D eigenvalue weighted by Crippen LogP contribution is -2.30. The molecule has 2 rings (SSSR count). The zero-order chi connectivity index (χ0) is 17.7. The predicted molar refractivity (Wildman–Crippen MR) is 90.6 cm³/mol. The van der Waals surface area contributed by atoms with Crippen LogP contribution < -0.4 is 15.0 Å². The molecular formula is C18H19FN2O3. The summed E-state index contributed by atoms with van der Waals surface area (Å²) >= 11 is 0. The minimum atomic E-state index is -0.786. The second kappa shape index (κ2) is 7.59. The molecule has 0 saturated heterocycles. The fraction of sp³-hybridized carbons (Fsp3) is 0.222. The van der Waals surface area contributed by atoms with Gasteiger partial charge in [0.2, 0.25) is 5.91 Å². The number of hydrogen-bond donors (Lipinski definition) is 1. The number of nitrogens with one attached hydrogen (secondary N) is 1. The number of carbonyl (C=O) groups is 2. The smallest absolute Gasteiger partial charge is 0.265 e. The normalized spacial score (nSPS) is 11.5. The maximum absolute atomic E-state index is 13.1. The highest BCUT2D eigenvalue weighted by atomic mass is 19.1. The molecule has 2 aromatic carbocycles. The summed E-state index contributed by atoms with van der Waals surface area (Å²) in [6.07, 6.45) is -0.786. The summed E-state index contributed by atoms with van der Waals surface area (Å²) in [4.78, 5) is 24.9. The van der Waals surface area contributed by atoms with Gasteiger partial charge in [-0.1, -0.05) is 6.07 Å². The van der Waals surface area contributed by atoms with Crippen molar-refractivity contribution in [2.45, 2.75) is 20.0 Å². The monoisotopic (exact) mass is 330 g/mol. The maximum Gasteiger partial charge on any atom is 0.265 e. The third-order valence-electron chi connectivity index (χ3n) is 3.47. The van der Waals surface area contributed by atoms with Crippen LogP contribution in [0.15, 0.2) is 48.5 Å². The van der Waals surface area contributed by atoms with Gasteiger partial charge in [-0.2, -0.15) is 0 Å². The van der Waals surface area contributed by atoms with Crippen LogP contribution in [-0.2, 0) is 9.59 Å². The van der Waals surface area contributed by atoms with E-state index in [1.54, 1.807) is 44.3 Å². The molecule has 0 saturated carbocycles. The molecule has 0 fully saturated rings. The lowest BCUT2D eigenvalue weighted by Gasteiger charge is -2.17. The number of rotatable bonds is 5. The molecule has 2 amide bonds. The van der Waals surface area contributed by atoms with Crippen molar-refractivity contribution in [3.8, 4) is 5.75 Å². The van der Waals surface area contributed by atoms with E-state index < -0.39 is 11.9 Å². The summed E-state index contributed by atoms with van der Waals surface area (Å²) in [5.74, 6) is -0.572. The molecule has 6 heteroatoms. The molecule has 126 valence electrons. The highest BCUT2D eigenvalue weighted by Gasteiger charge is 2.15. The molecule has 24 heavy (non-hydrogen) atoms. The second-order valence-corrected chi connectivity index (χ2v) is 5.33. The van der Waals surface area contributed by atoms with Gasteiger partial charge in [0.1, 0.15) is 11.6 Å². The molecular weight excluding hydrogens is 311 g/mol. The Morgan fingerprint density at radius 3 is 2.42 bits per heavy atom. The average molecular weight is 330 g/mol. The van der Waals surface area contributed by atoms with E-state index in [0.717, 1.165) is 5.69 Å². The Morgan fingerprint density at radius 2 is 1.83 bits per heavy atom. The molecule has 2 aromatic rings. The first-order valence-electron chi connectivity index (χ1n) is 7.44. The van der Waals surface area contributed by atoms with Crippen molar-refractivity contribution in [2.75, 3.05) is 17.3 Å². The van der Waals surface area contributed by atoms with E-state index in [2.05, 4.69) is 5.32 Å². The van der Waals surface area contributed by atoms with Gasteiger partial charge in [-0.05, 0) is 43.3 Å². The van der Waals surface area contributed by atoms with Crippen molar-refractivity contribution in [3.63, 3.8) is 0 Å². The zero-order valence-electron chi connectivity index (χ0n) is 13.7. The summed E-state index contributed by atoms with van der Waals surface area (Å²) in [5, 5.41) is 2.71. The van der Waals surface area contributed by atoms with Crippen molar-refractivity contribution in [3.05, 3.63) is 54.3 Å². The second-order valence-electron chi connectivity index (χ2n) is 5.33. The lowest BCUT2D eigenvalue weighted by atomic mass is 10.2. The number of ether oxygens (including phenoxy) is 1. The minimum absolute atomic E-state index is 0.0797. The van der Waals surface area contributed by atoms with Crippen LogP contribution in [0.5, 0.6) is 5.75 Å². The van der Waals surface area contributed by atoms with Gasteiger partial charge in [0, 0.05) is 31.4 Å². The van der Waals surface area contributed by atoms with Crippen molar-refractivity contribution in [2.24, 2.45) is 0 Å². The van der Waals surface area contributed by atoms with Crippen molar-refractivity contribution in [1.29, 1.82) is 0 Å². The molecule has 0 aliphatic rings. The molecule has 0 bridgehead atoms. The maximum atomic E-state index is 13.1. The van der Waals surface area contributed by atoms with E-state index >= 15 is 0 Å². The van der Waals surface area contributed by atoms with Crippen molar-refractivity contribution in [1.82, 2.24) is 0 Å². The van der Waals surface area contributed by atoms with E-state index in [0.29, 0.717) is 5.69 Å². The number of carbonyl (C=O) groups excluding carboxylic acids is 2. The molecule has 0 radical (unpaired) electrons. The molecule has 1 atom stereocenters. The molecule has 5 nitrogen and oxygen atoms in total. The first kappa shape index (κ1) is 17.5. The van der Waals surface area contributed by atoms with Crippen LogP contribution in [0.1, 0.15) is 13.8 Å². The van der Waals surface area contributed by atoms with E-state index in [-0.39, 0.29) is 17.6 Å². The summed E-state index contributed by atoms with van der Waals surface area (Å²) in [6, 6.07) is 12.5. The SMILES string of the molecule is CC(=O)N(C)c1ccc(NC(=O)C(C)Oc2cccc(F)c2)cc1. The highest BCUT2D eigenvalue weighted by Crippen LogP contribution is 2.18. The van der Waals surface area contributed by atoms with Crippen molar-refractivity contribution < 1.29 is 18.7 Å². The van der Waals surface area contributed by atoms with Crippen molar-refractivity contribution >= 4 is 23.2 Å². The summed E-state index contributed by atoms with van der Waals surface area (Å²) in [6.45, 7) is 3.05. The molecule has 0 aromatic heterocycles. The number of halogens is 1. The fourth-order valence-electron chi connectivity index (χ4n) is 1.99. The summed E-state index contributed by atoms with van der Waals surface area (Å²) in [7, 11) is 1.67. The van der Waals surface area contributed by atoms with Crippen LogP contribution in [0.2, 0.25) is 0 Å². The summed E-state index contributed by atoms with van der Waals surface area (Å²) < 4.78 is 18.5. The van der Waals surface area contributed by atoms with Crippen LogP contribution in [0.25, 0.3) is 0 Å². The Kier molecular flexibility index (Phi) is 5.52.